The lowest BCUT2D eigenvalue weighted by Crippen LogP contribution is -2.12. The van der Waals surface area contributed by atoms with Gasteiger partial charge >= 0.3 is 5.97 Å². The first kappa shape index (κ1) is 26.2. The van der Waals surface area contributed by atoms with E-state index in [4.69, 9.17) is 9.47 Å². The van der Waals surface area contributed by atoms with Crippen LogP contribution in [0.1, 0.15) is 117 Å². The molecular formula is C24H46O3. The summed E-state index contributed by atoms with van der Waals surface area (Å²) in [5.41, 5.74) is 0.411. The molecule has 3 heteroatoms. The smallest absolute Gasteiger partial charge is 0.335 e. The van der Waals surface area contributed by atoms with Gasteiger partial charge in [-0.15, -0.1) is 0 Å². The SMILES string of the molecule is C=C(COCCCCCCCCCCCCCCCCCC)C(=O)OCC. The molecule has 160 valence electrons. The third-order valence-electron chi connectivity index (χ3n) is 4.98. The zero-order valence-corrected chi connectivity index (χ0v) is 18.4. The summed E-state index contributed by atoms with van der Waals surface area (Å²) in [6.45, 7) is 9.14. The molecule has 0 aromatic carbocycles. The maximum absolute atomic E-state index is 11.4. The summed E-state index contributed by atoms with van der Waals surface area (Å²) in [4.78, 5) is 11.4. The van der Waals surface area contributed by atoms with Crippen molar-refractivity contribution in [3.05, 3.63) is 12.2 Å². The maximum atomic E-state index is 11.4. The molecule has 0 aliphatic rings. The summed E-state index contributed by atoms with van der Waals surface area (Å²) >= 11 is 0. The zero-order valence-electron chi connectivity index (χ0n) is 18.4. The van der Waals surface area contributed by atoms with E-state index in [1.165, 1.54) is 96.3 Å². The monoisotopic (exact) mass is 382 g/mol. The number of hydrogen-bond donors (Lipinski definition) is 0. The number of unbranched alkanes of at least 4 members (excludes halogenated alkanes) is 15. The van der Waals surface area contributed by atoms with Crippen molar-refractivity contribution in [3.8, 4) is 0 Å². The van der Waals surface area contributed by atoms with E-state index in [0.29, 0.717) is 18.8 Å². The number of rotatable bonds is 21. The minimum atomic E-state index is -0.343. The number of esters is 1. The topological polar surface area (TPSA) is 35.5 Å². The van der Waals surface area contributed by atoms with E-state index in [9.17, 15) is 4.79 Å². The molecule has 3 nitrogen and oxygen atoms in total. The largest absolute Gasteiger partial charge is 0.463 e. The molecule has 0 spiro atoms. The summed E-state index contributed by atoms with van der Waals surface area (Å²) in [6.07, 6.45) is 21.9. The molecule has 0 saturated carbocycles. The molecule has 0 heterocycles. The van der Waals surface area contributed by atoms with Crippen LogP contribution in [0, 0.1) is 0 Å². The molecule has 0 bridgehead atoms. The second-order valence-corrected chi connectivity index (χ2v) is 7.68. The number of hydrogen-bond acceptors (Lipinski definition) is 3. The van der Waals surface area contributed by atoms with Gasteiger partial charge in [0.1, 0.15) is 0 Å². The van der Waals surface area contributed by atoms with Crippen molar-refractivity contribution < 1.29 is 14.3 Å². The molecule has 0 unspecified atom stereocenters. The van der Waals surface area contributed by atoms with Gasteiger partial charge in [0.05, 0.1) is 18.8 Å². The molecule has 0 aromatic heterocycles. The van der Waals surface area contributed by atoms with Crippen LogP contribution in [-0.4, -0.2) is 25.8 Å². The molecule has 0 rings (SSSR count). The normalized spacial score (nSPS) is 10.9. The Kier molecular flexibility index (Phi) is 20.8. The molecule has 0 atom stereocenters. The average Bonchev–Trinajstić information content (AvgIpc) is 2.67. The predicted molar refractivity (Wildman–Crippen MR) is 116 cm³/mol. The van der Waals surface area contributed by atoms with E-state index in [2.05, 4.69) is 13.5 Å². The highest BCUT2D eigenvalue weighted by molar-refractivity contribution is 5.87. The van der Waals surface area contributed by atoms with E-state index in [1.54, 1.807) is 6.92 Å². The van der Waals surface area contributed by atoms with Crippen molar-refractivity contribution >= 4 is 5.97 Å². The number of carbonyl (C=O) groups excluding carboxylic acids is 1. The molecular weight excluding hydrogens is 336 g/mol. The average molecular weight is 383 g/mol. The van der Waals surface area contributed by atoms with Crippen molar-refractivity contribution in [2.24, 2.45) is 0 Å². The van der Waals surface area contributed by atoms with Crippen molar-refractivity contribution in [2.45, 2.75) is 117 Å². The van der Waals surface area contributed by atoms with Crippen LogP contribution in [0.3, 0.4) is 0 Å². The summed E-state index contributed by atoms with van der Waals surface area (Å²) in [6, 6.07) is 0. The Labute approximate surface area is 169 Å². The van der Waals surface area contributed by atoms with Crippen LogP contribution in [0.2, 0.25) is 0 Å². The van der Waals surface area contributed by atoms with Crippen LogP contribution in [0.25, 0.3) is 0 Å². The Morgan fingerprint density at radius 2 is 1.07 bits per heavy atom. The molecule has 0 aliphatic heterocycles. The summed E-state index contributed by atoms with van der Waals surface area (Å²) in [7, 11) is 0. The van der Waals surface area contributed by atoms with E-state index in [-0.39, 0.29) is 12.6 Å². The Morgan fingerprint density at radius 1 is 0.667 bits per heavy atom. The molecule has 0 fully saturated rings. The number of ether oxygens (including phenoxy) is 2. The molecule has 0 radical (unpaired) electrons. The molecule has 0 aliphatic carbocycles. The van der Waals surface area contributed by atoms with Crippen LogP contribution in [0.15, 0.2) is 12.2 Å². The highest BCUT2D eigenvalue weighted by Gasteiger charge is 2.06. The second-order valence-electron chi connectivity index (χ2n) is 7.68. The van der Waals surface area contributed by atoms with Gasteiger partial charge in [0.2, 0.25) is 0 Å². The standard InChI is InChI=1S/C24H46O3/c1-4-6-7-8-9-10-11-12-13-14-15-16-17-18-19-20-21-26-22-23(3)24(25)27-5-2/h3-22H2,1-2H3. The van der Waals surface area contributed by atoms with Gasteiger partial charge in [0.15, 0.2) is 0 Å². The highest BCUT2D eigenvalue weighted by Crippen LogP contribution is 2.13. The van der Waals surface area contributed by atoms with Crippen LogP contribution in [-0.2, 0) is 14.3 Å². The van der Waals surface area contributed by atoms with E-state index in [1.807, 2.05) is 0 Å². The Balaban J connectivity index is 3.13. The fraction of sp³-hybridized carbons (Fsp3) is 0.875. The number of carbonyl (C=O) groups is 1. The summed E-state index contributed by atoms with van der Waals surface area (Å²) in [5, 5.41) is 0. The Morgan fingerprint density at radius 3 is 1.48 bits per heavy atom. The lowest BCUT2D eigenvalue weighted by molar-refractivity contribution is -0.139. The Hall–Kier alpha value is -0.830. The maximum Gasteiger partial charge on any atom is 0.335 e. The lowest BCUT2D eigenvalue weighted by atomic mass is 10.0. The van der Waals surface area contributed by atoms with Gasteiger partial charge in [-0.2, -0.15) is 0 Å². The van der Waals surface area contributed by atoms with Gasteiger partial charge in [-0.1, -0.05) is 110 Å². The fourth-order valence-corrected chi connectivity index (χ4v) is 3.24. The third-order valence-corrected chi connectivity index (χ3v) is 4.98. The first-order chi connectivity index (χ1) is 13.2. The minimum Gasteiger partial charge on any atom is -0.463 e. The summed E-state index contributed by atoms with van der Waals surface area (Å²) < 4.78 is 10.4. The first-order valence-corrected chi connectivity index (χ1v) is 11.6. The molecule has 0 amide bonds. The van der Waals surface area contributed by atoms with Crippen LogP contribution in [0.4, 0.5) is 0 Å². The van der Waals surface area contributed by atoms with E-state index < -0.39 is 0 Å². The minimum absolute atomic E-state index is 0.289. The zero-order chi connectivity index (χ0) is 20.0. The van der Waals surface area contributed by atoms with Gasteiger partial charge < -0.3 is 9.47 Å². The predicted octanol–water partition coefficient (Wildman–Crippen LogP) is 7.38. The molecule has 0 aromatic rings. The highest BCUT2D eigenvalue weighted by atomic mass is 16.5. The van der Waals surface area contributed by atoms with Gasteiger partial charge in [-0.3, -0.25) is 0 Å². The van der Waals surface area contributed by atoms with Crippen molar-refractivity contribution in [1.29, 1.82) is 0 Å². The molecule has 0 N–H and O–H groups in total. The van der Waals surface area contributed by atoms with Crippen LogP contribution >= 0.6 is 0 Å². The Bertz CT molecular complexity index is 339. The summed E-state index contributed by atoms with van der Waals surface area (Å²) in [5.74, 6) is -0.343. The lowest BCUT2D eigenvalue weighted by Gasteiger charge is -2.07. The quantitative estimate of drug-likeness (QED) is 0.118. The first-order valence-electron chi connectivity index (χ1n) is 11.6. The van der Waals surface area contributed by atoms with Crippen molar-refractivity contribution in [2.75, 3.05) is 19.8 Å². The van der Waals surface area contributed by atoms with Crippen molar-refractivity contribution in [1.82, 2.24) is 0 Å². The molecule has 0 saturated heterocycles. The fourth-order valence-electron chi connectivity index (χ4n) is 3.24. The van der Waals surface area contributed by atoms with Gasteiger partial charge in [0.25, 0.3) is 0 Å². The van der Waals surface area contributed by atoms with Gasteiger partial charge in [0, 0.05) is 6.61 Å². The van der Waals surface area contributed by atoms with Gasteiger partial charge in [-0.25, -0.2) is 4.79 Å². The van der Waals surface area contributed by atoms with Crippen LogP contribution < -0.4 is 0 Å². The van der Waals surface area contributed by atoms with Gasteiger partial charge in [-0.05, 0) is 13.3 Å². The van der Waals surface area contributed by atoms with Crippen molar-refractivity contribution in [3.63, 3.8) is 0 Å². The third kappa shape index (κ3) is 19.7. The van der Waals surface area contributed by atoms with E-state index >= 15 is 0 Å². The van der Waals surface area contributed by atoms with Crippen LogP contribution in [0.5, 0.6) is 0 Å². The van der Waals surface area contributed by atoms with E-state index in [0.717, 1.165) is 6.42 Å². The second kappa shape index (κ2) is 21.5. The molecule has 27 heavy (non-hydrogen) atoms.